The predicted molar refractivity (Wildman–Crippen MR) is 127 cm³/mol. The summed E-state index contributed by atoms with van der Waals surface area (Å²) in [7, 11) is 0. The van der Waals surface area contributed by atoms with Gasteiger partial charge in [0.05, 0.1) is 11.5 Å². The molecule has 172 valence electrons. The molecule has 6 heteroatoms. The Balaban J connectivity index is 2.06. The smallest absolute Gasteiger partial charge is 0.416 e. The van der Waals surface area contributed by atoms with Crippen LogP contribution in [0.1, 0.15) is 48.4 Å². The van der Waals surface area contributed by atoms with Gasteiger partial charge in [0.15, 0.2) is 0 Å². The van der Waals surface area contributed by atoms with Gasteiger partial charge in [-0.2, -0.15) is 13.2 Å². The first kappa shape index (κ1) is 24.6. The third-order valence-corrected chi connectivity index (χ3v) is 5.52. The Bertz CT molecular complexity index is 1130. The molecule has 0 saturated carbocycles. The average molecular weight is 473 g/mol. The molecule has 0 fully saturated rings. The van der Waals surface area contributed by atoms with Gasteiger partial charge >= 0.3 is 12.1 Å². The fourth-order valence-corrected chi connectivity index (χ4v) is 3.74. The van der Waals surface area contributed by atoms with Crippen molar-refractivity contribution in [2.45, 2.75) is 32.4 Å². The van der Waals surface area contributed by atoms with E-state index in [1.165, 1.54) is 12.1 Å². The zero-order valence-electron chi connectivity index (χ0n) is 18.2. The summed E-state index contributed by atoms with van der Waals surface area (Å²) in [5, 5.41) is 10.5. The molecule has 1 N–H and O–H groups in total. The molecule has 0 bridgehead atoms. The van der Waals surface area contributed by atoms with Crippen LogP contribution in [0, 0.1) is 5.92 Å². The molecule has 0 aromatic heterocycles. The highest BCUT2D eigenvalue weighted by Crippen LogP contribution is 2.34. The SMILES string of the molecule is CC(C)CC(C(=O)O)c1cc(/C=C\c2ccc(Cl)cc2)cc(-c2ccc(C(F)(F)F)cc2)c1. The normalized spacial score (nSPS) is 12.9. The summed E-state index contributed by atoms with van der Waals surface area (Å²) in [5.74, 6) is -1.49. The van der Waals surface area contributed by atoms with E-state index in [1.54, 1.807) is 18.2 Å². The van der Waals surface area contributed by atoms with E-state index >= 15 is 0 Å². The standard InChI is InChI=1S/C27H24ClF3O2/c1-17(2)13-25(26(32)33)22-15-19(4-3-18-5-11-24(28)12-6-18)14-21(16-22)20-7-9-23(10-8-20)27(29,30)31/h3-12,14-17,25H,13H2,1-2H3,(H,32,33)/b4-3-. The summed E-state index contributed by atoms with van der Waals surface area (Å²) in [6, 6.07) is 17.6. The van der Waals surface area contributed by atoms with E-state index in [4.69, 9.17) is 11.6 Å². The van der Waals surface area contributed by atoms with Gasteiger partial charge in [-0.05, 0) is 70.5 Å². The van der Waals surface area contributed by atoms with Crippen LogP contribution < -0.4 is 0 Å². The van der Waals surface area contributed by atoms with Crippen molar-refractivity contribution in [3.05, 3.63) is 94.0 Å². The van der Waals surface area contributed by atoms with Crippen molar-refractivity contribution in [3.8, 4) is 11.1 Å². The Hall–Kier alpha value is -3.05. The van der Waals surface area contributed by atoms with E-state index in [1.807, 2.05) is 50.3 Å². The van der Waals surface area contributed by atoms with Crippen molar-refractivity contribution in [3.63, 3.8) is 0 Å². The van der Waals surface area contributed by atoms with Crippen molar-refractivity contribution in [1.29, 1.82) is 0 Å². The molecule has 1 atom stereocenters. The molecule has 3 aromatic rings. The second kappa shape index (κ2) is 10.3. The second-order valence-corrected chi connectivity index (χ2v) is 8.81. The highest BCUT2D eigenvalue weighted by molar-refractivity contribution is 6.30. The number of hydrogen-bond donors (Lipinski definition) is 1. The van der Waals surface area contributed by atoms with Gasteiger partial charge in [0.1, 0.15) is 0 Å². The largest absolute Gasteiger partial charge is 0.481 e. The molecule has 0 aliphatic carbocycles. The molecular weight excluding hydrogens is 449 g/mol. The zero-order chi connectivity index (χ0) is 24.2. The first-order chi connectivity index (χ1) is 15.5. The van der Waals surface area contributed by atoms with Gasteiger partial charge in [0.25, 0.3) is 0 Å². The Labute approximate surface area is 196 Å². The maximum atomic E-state index is 13.0. The number of benzene rings is 3. The van der Waals surface area contributed by atoms with Gasteiger partial charge in [-0.15, -0.1) is 0 Å². The quantitative estimate of drug-likeness (QED) is 0.350. The summed E-state index contributed by atoms with van der Waals surface area (Å²) in [6.07, 6.45) is -0.233. The lowest BCUT2D eigenvalue weighted by Crippen LogP contribution is -2.14. The summed E-state index contributed by atoms with van der Waals surface area (Å²) < 4.78 is 38.9. The minimum atomic E-state index is -4.42. The first-order valence-corrected chi connectivity index (χ1v) is 10.9. The Morgan fingerprint density at radius 3 is 2.06 bits per heavy atom. The number of carboxylic acids is 1. The molecule has 0 amide bonds. The van der Waals surface area contributed by atoms with Crippen molar-refractivity contribution in [1.82, 2.24) is 0 Å². The van der Waals surface area contributed by atoms with Crippen LogP contribution in [-0.2, 0) is 11.0 Å². The predicted octanol–water partition coefficient (Wildman–Crippen LogP) is 8.41. The highest BCUT2D eigenvalue weighted by atomic mass is 35.5. The van der Waals surface area contributed by atoms with Crippen molar-refractivity contribution < 1.29 is 23.1 Å². The molecule has 0 spiro atoms. The first-order valence-electron chi connectivity index (χ1n) is 10.5. The molecule has 3 aromatic carbocycles. The van der Waals surface area contributed by atoms with Crippen LogP contribution >= 0.6 is 11.6 Å². The van der Waals surface area contributed by atoms with E-state index in [9.17, 15) is 23.1 Å². The van der Waals surface area contributed by atoms with E-state index in [2.05, 4.69) is 0 Å². The molecule has 1 unspecified atom stereocenters. The number of halogens is 4. The fraction of sp³-hybridized carbons (Fsp3) is 0.222. The number of rotatable bonds is 7. The summed E-state index contributed by atoms with van der Waals surface area (Å²) >= 11 is 5.93. The summed E-state index contributed by atoms with van der Waals surface area (Å²) in [6.45, 7) is 3.91. The minimum Gasteiger partial charge on any atom is -0.481 e. The molecule has 0 heterocycles. The van der Waals surface area contributed by atoms with Crippen molar-refractivity contribution in [2.24, 2.45) is 5.92 Å². The molecule has 2 nitrogen and oxygen atoms in total. The topological polar surface area (TPSA) is 37.3 Å². The zero-order valence-corrected chi connectivity index (χ0v) is 19.0. The summed E-state index contributed by atoms with van der Waals surface area (Å²) in [5.41, 5.74) is 2.80. The molecule has 0 aliphatic rings. The lowest BCUT2D eigenvalue weighted by atomic mass is 9.87. The number of aliphatic carboxylic acids is 1. The molecule has 0 saturated heterocycles. The van der Waals surface area contributed by atoms with E-state index in [0.29, 0.717) is 28.1 Å². The van der Waals surface area contributed by atoms with Gasteiger partial charge < -0.3 is 5.11 Å². The lowest BCUT2D eigenvalue weighted by molar-refractivity contribution is -0.139. The number of carboxylic acid groups (broad SMARTS) is 1. The average Bonchev–Trinajstić information content (AvgIpc) is 2.76. The molecule has 33 heavy (non-hydrogen) atoms. The van der Waals surface area contributed by atoms with Crippen LogP contribution in [0.3, 0.4) is 0 Å². The Morgan fingerprint density at radius 2 is 1.52 bits per heavy atom. The molecule has 0 aliphatic heterocycles. The van der Waals surface area contributed by atoms with Gasteiger partial charge in [0.2, 0.25) is 0 Å². The van der Waals surface area contributed by atoms with Gasteiger partial charge in [-0.3, -0.25) is 4.79 Å². The second-order valence-electron chi connectivity index (χ2n) is 8.37. The van der Waals surface area contributed by atoms with Crippen LogP contribution in [0.25, 0.3) is 23.3 Å². The molecular formula is C27H24ClF3O2. The maximum Gasteiger partial charge on any atom is 0.416 e. The van der Waals surface area contributed by atoms with Crippen molar-refractivity contribution >= 4 is 29.7 Å². The van der Waals surface area contributed by atoms with E-state index in [-0.39, 0.29) is 5.92 Å². The van der Waals surface area contributed by atoms with Crippen molar-refractivity contribution in [2.75, 3.05) is 0 Å². The number of hydrogen-bond acceptors (Lipinski definition) is 1. The molecule has 3 rings (SSSR count). The van der Waals surface area contributed by atoms with Gasteiger partial charge in [0, 0.05) is 5.02 Å². The Morgan fingerprint density at radius 1 is 0.909 bits per heavy atom. The maximum absolute atomic E-state index is 13.0. The minimum absolute atomic E-state index is 0.161. The van der Waals surface area contributed by atoms with Crippen LogP contribution in [-0.4, -0.2) is 11.1 Å². The number of carbonyl (C=O) groups is 1. The monoisotopic (exact) mass is 472 g/mol. The van der Waals surface area contributed by atoms with Gasteiger partial charge in [-0.25, -0.2) is 0 Å². The van der Waals surface area contributed by atoms with Crippen LogP contribution in [0.15, 0.2) is 66.7 Å². The lowest BCUT2D eigenvalue weighted by Gasteiger charge is -2.17. The van der Waals surface area contributed by atoms with Gasteiger partial charge in [-0.1, -0.05) is 74.0 Å². The molecule has 0 radical (unpaired) electrons. The Kier molecular flexibility index (Phi) is 7.65. The van der Waals surface area contributed by atoms with E-state index < -0.39 is 23.6 Å². The number of alkyl halides is 3. The van der Waals surface area contributed by atoms with Crippen LogP contribution in [0.5, 0.6) is 0 Å². The fourth-order valence-electron chi connectivity index (χ4n) is 3.61. The van der Waals surface area contributed by atoms with Crippen LogP contribution in [0.2, 0.25) is 5.02 Å². The van der Waals surface area contributed by atoms with Crippen LogP contribution in [0.4, 0.5) is 13.2 Å². The third-order valence-electron chi connectivity index (χ3n) is 5.27. The highest BCUT2D eigenvalue weighted by Gasteiger charge is 2.30. The van der Waals surface area contributed by atoms with E-state index in [0.717, 1.165) is 23.3 Å². The third kappa shape index (κ3) is 6.72. The summed E-state index contributed by atoms with van der Waals surface area (Å²) in [4.78, 5) is 12.0.